The average molecular weight is 231 g/mol. The molecule has 0 bridgehead atoms. The molecule has 0 saturated heterocycles. The van der Waals surface area contributed by atoms with Crippen molar-refractivity contribution in [1.82, 2.24) is 9.78 Å². The lowest BCUT2D eigenvalue weighted by Gasteiger charge is -2.13. The molecule has 1 heterocycles. The zero-order valence-electron chi connectivity index (χ0n) is 9.07. The lowest BCUT2D eigenvalue weighted by Crippen LogP contribution is -2.28. The maximum Gasteiger partial charge on any atom is 0.211 e. The molecule has 0 aliphatic heterocycles. The van der Waals surface area contributed by atoms with Crippen LogP contribution in [0.25, 0.3) is 0 Å². The zero-order valence-corrected chi connectivity index (χ0v) is 9.82. The summed E-state index contributed by atoms with van der Waals surface area (Å²) in [6.07, 6.45) is 0.398. The number of hydrogen-bond donors (Lipinski definition) is 1. The van der Waals surface area contributed by atoms with Gasteiger partial charge in [0.1, 0.15) is 11.8 Å². The highest BCUT2D eigenvalue weighted by atomic mass is 35.5. The van der Waals surface area contributed by atoms with Crippen LogP contribution in [0.5, 0.6) is 0 Å². The van der Waals surface area contributed by atoms with Crippen LogP contribution in [-0.2, 0) is 6.54 Å². The lowest BCUT2D eigenvalue weighted by atomic mass is 10.0. The van der Waals surface area contributed by atoms with Crippen molar-refractivity contribution < 1.29 is 9.90 Å². The molecule has 15 heavy (non-hydrogen) atoms. The number of ketones is 1. The van der Waals surface area contributed by atoms with Gasteiger partial charge in [-0.2, -0.15) is 5.10 Å². The number of carbonyl (C=O) groups excluding carboxylic acids is 1. The van der Waals surface area contributed by atoms with Gasteiger partial charge in [-0.1, -0.05) is 25.4 Å². The summed E-state index contributed by atoms with van der Waals surface area (Å²) < 4.78 is 1.50. The van der Waals surface area contributed by atoms with E-state index in [4.69, 9.17) is 11.6 Å². The monoisotopic (exact) mass is 230 g/mol. The highest BCUT2D eigenvalue weighted by Gasteiger charge is 2.26. The van der Waals surface area contributed by atoms with Gasteiger partial charge in [0.2, 0.25) is 5.78 Å². The summed E-state index contributed by atoms with van der Waals surface area (Å²) >= 11 is 5.85. The van der Waals surface area contributed by atoms with Crippen molar-refractivity contribution in [1.29, 1.82) is 0 Å². The van der Waals surface area contributed by atoms with Crippen molar-refractivity contribution in [2.24, 2.45) is 5.92 Å². The minimum atomic E-state index is -1.02. The van der Waals surface area contributed by atoms with E-state index in [9.17, 15) is 9.90 Å². The van der Waals surface area contributed by atoms with E-state index >= 15 is 0 Å². The Kier molecular flexibility index (Phi) is 3.88. The molecule has 1 unspecified atom stereocenters. The van der Waals surface area contributed by atoms with E-state index in [2.05, 4.69) is 5.10 Å². The Balaban J connectivity index is 3.04. The van der Waals surface area contributed by atoms with Crippen LogP contribution in [0.15, 0.2) is 6.20 Å². The highest BCUT2D eigenvalue weighted by molar-refractivity contribution is 6.33. The minimum Gasteiger partial charge on any atom is -0.385 e. The fourth-order valence-electron chi connectivity index (χ4n) is 1.29. The Morgan fingerprint density at radius 1 is 1.67 bits per heavy atom. The summed E-state index contributed by atoms with van der Waals surface area (Å²) in [4.78, 5) is 11.9. The summed E-state index contributed by atoms with van der Waals surface area (Å²) in [6.45, 7) is 5.98. The molecule has 1 atom stereocenters. The number of nitrogens with zero attached hydrogens (tertiary/aromatic N) is 2. The highest BCUT2D eigenvalue weighted by Crippen LogP contribution is 2.19. The molecule has 5 heteroatoms. The first-order valence-electron chi connectivity index (χ1n) is 4.92. The summed E-state index contributed by atoms with van der Waals surface area (Å²) in [5.41, 5.74) is 0.292. The van der Waals surface area contributed by atoms with E-state index in [1.54, 1.807) is 13.8 Å². The van der Waals surface area contributed by atoms with E-state index in [0.717, 1.165) is 0 Å². The molecule has 0 amide bonds. The average Bonchev–Trinajstić information content (AvgIpc) is 2.57. The minimum absolute atomic E-state index is 0.131. The standard InChI is InChI=1S/C10H15ClN2O2/c1-4-13-8(7(11)5-12-13)10(15)9(14)6(2)3/h5-6,9,14H,4H2,1-3H3. The normalized spacial score (nSPS) is 13.2. The zero-order chi connectivity index (χ0) is 11.6. The first-order valence-corrected chi connectivity index (χ1v) is 5.30. The van der Waals surface area contributed by atoms with Crippen LogP contribution in [0.4, 0.5) is 0 Å². The van der Waals surface area contributed by atoms with Gasteiger partial charge in [0.05, 0.1) is 11.2 Å². The summed E-state index contributed by atoms with van der Waals surface area (Å²) in [5, 5.41) is 13.9. The predicted molar refractivity (Wildman–Crippen MR) is 58.1 cm³/mol. The van der Waals surface area contributed by atoms with Gasteiger partial charge in [0.15, 0.2) is 0 Å². The molecule has 1 rings (SSSR count). The van der Waals surface area contributed by atoms with Crippen molar-refractivity contribution in [2.75, 3.05) is 0 Å². The first kappa shape index (κ1) is 12.2. The third-order valence-electron chi connectivity index (χ3n) is 2.23. The molecule has 1 N–H and O–H groups in total. The maximum absolute atomic E-state index is 11.9. The molecular weight excluding hydrogens is 216 g/mol. The molecule has 0 spiro atoms. The molecule has 0 saturated carbocycles. The van der Waals surface area contributed by atoms with Crippen molar-refractivity contribution >= 4 is 17.4 Å². The summed E-state index contributed by atoms with van der Waals surface area (Å²) in [7, 11) is 0. The van der Waals surface area contributed by atoms with Gasteiger partial charge in [0, 0.05) is 6.54 Å². The number of aliphatic hydroxyl groups is 1. The van der Waals surface area contributed by atoms with Crippen molar-refractivity contribution in [3.05, 3.63) is 16.9 Å². The van der Waals surface area contributed by atoms with Gasteiger partial charge in [-0.15, -0.1) is 0 Å². The van der Waals surface area contributed by atoms with Crippen LogP contribution < -0.4 is 0 Å². The van der Waals surface area contributed by atoms with E-state index < -0.39 is 6.10 Å². The fraction of sp³-hybridized carbons (Fsp3) is 0.600. The maximum atomic E-state index is 11.9. The third-order valence-corrected chi connectivity index (χ3v) is 2.50. The number of halogens is 1. The van der Waals surface area contributed by atoms with Gasteiger partial charge >= 0.3 is 0 Å². The molecule has 0 aliphatic carbocycles. The molecule has 84 valence electrons. The smallest absolute Gasteiger partial charge is 0.211 e. The van der Waals surface area contributed by atoms with Crippen LogP contribution in [0.1, 0.15) is 31.3 Å². The number of aromatic nitrogens is 2. The second kappa shape index (κ2) is 4.77. The number of aliphatic hydroxyl groups excluding tert-OH is 1. The molecule has 0 aliphatic rings. The lowest BCUT2D eigenvalue weighted by molar-refractivity contribution is 0.0636. The first-order chi connectivity index (χ1) is 6.99. The van der Waals surface area contributed by atoms with Crippen molar-refractivity contribution in [3.63, 3.8) is 0 Å². The fourth-order valence-corrected chi connectivity index (χ4v) is 1.52. The Hall–Kier alpha value is -0.870. The van der Waals surface area contributed by atoms with Crippen LogP contribution in [-0.4, -0.2) is 26.8 Å². The Morgan fingerprint density at radius 3 is 2.73 bits per heavy atom. The van der Waals surface area contributed by atoms with Crippen molar-refractivity contribution in [2.45, 2.75) is 33.4 Å². The largest absolute Gasteiger partial charge is 0.385 e. The number of carbonyl (C=O) groups is 1. The second-order valence-corrected chi connectivity index (χ2v) is 4.12. The molecule has 0 aromatic carbocycles. The summed E-state index contributed by atoms with van der Waals surface area (Å²) in [5.74, 6) is -0.497. The van der Waals surface area contributed by atoms with E-state index in [1.807, 2.05) is 6.92 Å². The van der Waals surface area contributed by atoms with Gasteiger partial charge in [-0.05, 0) is 12.8 Å². The second-order valence-electron chi connectivity index (χ2n) is 3.71. The topological polar surface area (TPSA) is 55.1 Å². The molecular formula is C10H15ClN2O2. The Bertz CT molecular complexity index is 360. The molecule has 1 aromatic rings. The van der Waals surface area contributed by atoms with Gasteiger partial charge in [0.25, 0.3) is 0 Å². The van der Waals surface area contributed by atoms with Crippen LogP contribution >= 0.6 is 11.6 Å². The third kappa shape index (κ3) is 2.38. The molecule has 1 aromatic heterocycles. The van der Waals surface area contributed by atoms with Crippen molar-refractivity contribution in [3.8, 4) is 0 Å². The van der Waals surface area contributed by atoms with Gasteiger partial charge in [-0.25, -0.2) is 0 Å². The number of aryl methyl sites for hydroxylation is 1. The Morgan fingerprint density at radius 2 is 2.27 bits per heavy atom. The number of Topliss-reactive ketones (excluding diaryl/α,β-unsaturated/α-hetero) is 1. The quantitative estimate of drug-likeness (QED) is 0.802. The van der Waals surface area contributed by atoms with Gasteiger partial charge < -0.3 is 5.11 Å². The summed E-state index contributed by atoms with van der Waals surface area (Å²) in [6, 6.07) is 0. The van der Waals surface area contributed by atoms with E-state index in [1.165, 1.54) is 10.9 Å². The Labute approximate surface area is 93.9 Å². The SMILES string of the molecule is CCn1ncc(Cl)c1C(=O)C(O)C(C)C. The van der Waals surface area contributed by atoms with Crippen LogP contribution in [0, 0.1) is 5.92 Å². The van der Waals surface area contributed by atoms with E-state index in [0.29, 0.717) is 17.3 Å². The molecule has 0 fully saturated rings. The predicted octanol–water partition coefficient (Wildman–Crippen LogP) is 1.76. The number of rotatable bonds is 4. The van der Waals surface area contributed by atoms with Crippen LogP contribution in [0.3, 0.4) is 0 Å². The van der Waals surface area contributed by atoms with E-state index in [-0.39, 0.29) is 11.7 Å². The molecule has 0 radical (unpaired) electrons. The van der Waals surface area contributed by atoms with Crippen LogP contribution in [0.2, 0.25) is 5.02 Å². The van der Waals surface area contributed by atoms with Gasteiger partial charge in [-0.3, -0.25) is 9.48 Å². The number of hydrogen-bond acceptors (Lipinski definition) is 3. The molecule has 4 nitrogen and oxygen atoms in total.